The van der Waals surface area contributed by atoms with E-state index in [0.717, 1.165) is 23.8 Å². The van der Waals surface area contributed by atoms with Gasteiger partial charge in [-0.15, -0.1) is 0 Å². The smallest absolute Gasteiger partial charge is 0.339 e. The number of rotatable bonds is 3. The van der Waals surface area contributed by atoms with Crippen LogP contribution in [-0.2, 0) is 10.1 Å². The van der Waals surface area contributed by atoms with Crippen LogP contribution in [0.15, 0.2) is 41.3 Å². The zero-order chi connectivity index (χ0) is 15.6. The summed E-state index contributed by atoms with van der Waals surface area (Å²) in [6.45, 7) is 3.53. The summed E-state index contributed by atoms with van der Waals surface area (Å²) in [5.41, 5.74) is 1.16. The van der Waals surface area contributed by atoms with Crippen molar-refractivity contribution in [2.75, 3.05) is 0 Å². The first-order valence-corrected chi connectivity index (χ1v) is 7.46. The molecule has 0 amide bonds. The van der Waals surface area contributed by atoms with Crippen molar-refractivity contribution in [2.45, 2.75) is 18.7 Å². The fourth-order valence-corrected chi connectivity index (χ4v) is 2.72. The van der Waals surface area contributed by atoms with Crippen molar-refractivity contribution in [3.8, 4) is 11.8 Å². The van der Waals surface area contributed by atoms with E-state index >= 15 is 0 Å². The largest absolute Gasteiger partial charge is 0.379 e. The van der Waals surface area contributed by atoms with E-state index < -0.39 is 15.9 Å². The highest BCUT2D eigenvalue weighted by Crippen LogP contribution is 2.24. The molecule has 0 saturated heterocycles. The Balaban J connectivity index is 2.44. The Bertz CT molecular complexity index is 838. The molecule has 2 rings (SSSR count). The van der Waals surface area contributed by atoms with E-state index in [9.17, 15) is 12.8 Å². The van der Waals surface area contributed by atoms with Gasteiger partial charge in [-0.2, -0.15) is 13.7 Å². The van der Waals surface area contributed by atoms with E-state index in [4.69, 9.17) is 9.44 Å². The molecule has 0 heterocycles. The Kier molecular flexibility index (Phi) is 3.96. The Morgan fingerprint density at radius 2 is 1.86 bits per heavy atom. The van der Waals surface area contributed by atoms with E-state index in [1.54, 1.807) is 25.1 Å². The number of nitriles is 1. The molecule has 2 aromatic rings. The van der Waals surface area contributed by atoms with Gasteiger partial charge in [0.15, 0.2) is 0 Å². The molecule has 6 heteroatoms. The Labute approximate surface area is 122 Å². The van der Waals surface area contributed by atoms with Gasteiger partial charge in [0, 0.05) is 0 Å². The molecule has 0 saturated carbocycles. The van der Waals surface area contributed by atoms with Crippen molar-refractivity contribution in [1.29, 1.82) is 5.26 Å². The number of hydrogen-bond donors (Lipinski definition) is 0. The molecule has 0 atom stereocenters. The van der Waals surface area contributed by atoms with E-state index in [-0.39, 0.29) is 16.2 Å². The summed E-state index contributed by atoms with van der Waals surface area (Å²) in [7, 11) is -4.12. The highest BCUT2D eigenvalue weighted by molar-refractivity contribution is 7.87. The van der Waals surface area contributed by atoms with Gasteiger partial charge in [-0.3, -0.25) is 0 Å². The molecule has 0 radical (unpaired) electrons. The fourth-order valence-electron chi connectivity index (χ4n) is 1.71. The molecule has 0 aliphatic heterocycles. The first-order valence-electron chi connectivity index (χ1n) is 6.05. The van der Waals surface area contributed by atoms with Crippen molar-refractivity contribution >= 4 is 10.1 Å². The second-order valence-corrected chi connectivity index (χ2v) is 6.11. The first-order chi connectivity index (χ1) is 9.83. The van der Waals surface area contributed by atoms with Crippen LogP contribution in [0.1, 0.15) is 16.7 Å². The van der Waals surface area contributed by atoms with Crippen molar-refractivity contribution in [3.63, 3.8) is 0 Å². The van der Waals surface area contributed by atoms with Crippen LogP contribution < -0.4 is 4.18 Å². The van der Waals surface area contributed by atoms with Crippen LogP contribution in [-0.4, -0.2) is 8.42 Å². The standard InChI is InChI=1S/C15H12FNO3S/c1-10-3-4-11(2)15(7-10)20-21(18,19)13-5-6-14(16)12(8-13)9-17/h3-8H,1-2H3. The third kappa shape index (κ3) is 3.20. The first kappa shape index (κ1) is 15.0. The summed E-state index contributed by atoms with van der Waals surface area (Å²) in [4.78, 5) is -0.263. The Morgan fingerprint density at radius 3 is 2.52 bits per heavy atom. The maximum absolute atomic E-state index is 13.2. The highest BCUT2D eigenvalue weighted by Gasteiger charge is 2.19. The summed E-state index contributed by atoms with van der Waals surface area (Å²) in [5, 5.41) is 8.75. The van der Waals surface area contributed by atoms with Crippen LogP contribution in [0.4, 0.5) is 4.39 Å². The zero-order valence-corrected chi connectivity index (χ0v) is 12.2. The quantitative estimate of drug-likeness (QED) is 0.817. The fraction of sp³-hybridized carbons (Fsp3) is 0.133. The molecule has 0 aliphatic rings. The predicted molar refractivity (Wildman–Crippen MR) is 74.8 cm³/mol. The third-order valence-corrected chi connectivity index (χ3v) is 4.12. The molecule has 0 N–H and O–H groups in total. The average molecular weight is 305 g/mol. The van der Waals surface area contributed by atoms with E-state index in [0.29, 0.717) is 5.56 Å². The molecule has 108 valence electrons. The van der Waals surface area contributed by atoms with E-state index in [1.165, 1.54) is 0 Å². The normalized spacial score (nSPS) is 11.0. The molecule has 0 unspecified atom stereocenters. The lowest BCUT2D eigenvalue weighted by Gasteiger charge is -2.10. The van der Waals surface area contributed by atoms with E-state index in [2.05, 4.69) is 0 Å². The van der Waals surface area contributed by atoms with Gasteiger partial charge in [-0.05, 0) is 49.2 Å². The molecule has 2 aromatic carbocycles. The van der Waals surface area contributed by atoms with Gasteiger partial charge in [0.1, 0.15) is 22.5 Å². The number of benzene rings is 2. The van der Waals surface area contributed by atoms with Gasteiger partial charge in [0.25, 0.3) is 0 Å². The molecular formula is C15H12FNO3S. The van der Waals surface area contributed by atoms with Crippen LogP contribution in [0.25, 0.3) is 0 Å². The summed E-state index contributed by atoms with van der Waals surface area (Å²) >= 11 is 0. The molecule has 0 bridgehead atoms. The molecule has 0 aliphatic carbocycles. The summed E-state index contributed by atoms with van der Waals surface area (Å²) in [6, 6.07) is 9.72. The Hall–Kier alpha value is -2.39. The minimum absolute atomic E-state index is 0.206. The summed E-state index contributed by atoms with van der Waals surface area (Å²) < 4.78 is 42.7. The maximum atomic E-state index is 13.2. The van der Waals surface area contributed by atoms with Crippen LogP contribution in [0.3, 0.4) is 0 Å². The number of aryl methyl sites for hydroxylation is 2. The van der Waals surface area contributed by atoms with Crippen molar-refractivity contribution < 1.29 is 17.0 Å². The summed E-state index contributed by atoms with van der Waals surface area (Å²) in [5.74, 6) is -0.569. The lowest BCUT2D eigenvalue weighted by atomic mass is 10.1. The average Bonchev–Trinajstić information content (AvgIpc) is 2.43. The highest BCUT2D eigenvalue weighted by atomic mass is 32.2. The van der Waals surface area contributed by atoms with Crippen molar-refractivity contribution in [2.24, 2.45) is 0 Å². The predicted octanol–water partition coefficient (Wildman–Crippen LogP) is 3.08. The minimum Gasteiger partial charge on any atom is -0.379 e. The zero-order valence-electron chi connectivity index (χ0n) is 11.4. The van der Waals surface area contributed by atoms with Gasteiger partial charge in [-0.25, -0.2) is 4.39 Å². The lowest BCUT2D eigenvalue weighted by molar-refractivity contribution is 0.483. The molecule has 21 heavy (non-hydrogen) atoms. The number of halogens is 1. The van der Waals surface area contributed by atoms with E-state index in [1.807, 2.05) is 13.0 Å². The molecular weight excluding hydrogens is 293 g/mol. The van der Waals surface area contributed by atoms with Gasteiger partial charge in [0.05, 0.1) is 5.56 Å². The second-order valence-electron chi connectivity index (χ2n) is 4.56. The topological polar surface area (TPSA) is 67.2 Å². The van der Waals surface area contributed by atoms with Gasteiger partial charge in [-0.1, -0.05) is 12.1 Å². The van der Waals surface area contributed by atoms with Crippen LogP contribution >= 0.6 is 0 Å². The monoisotopic (exact) mass is 305 g/mol. The van der Waals surface area contributed by atoms with Gasteiger partial charge >= 0.3 is 10.1 Å². The van der Waals surface area contributed by atoms with Crippen LogP contribution in [0.2, 0.25) is 0 Å². The van der Waals surface area contributed by atoms with Gasteiger partial charge in [0.2, 0.25) is 0 Å². The van der Waals surface area contributed by atoms with Crippen molar-refractivity contribution in [1.82, 2.24) is 0 Å². The SMILES string of the molecule is Cc1ccc(C)c(OS(=O)(=O)c2ccc(F)c(C#N)c2)c1. The lowest BCUT2D eigenvalue weighted by Crippen LogP contribution is -2.11. The minimum atomic E-state index is -4.12. The molecule has 0 aromatic heterocycles. The molecule has 0 fully saturated rings. The number of hydrogen-bond acceptors (Lipinski definition) is 4. The second kappa shape index (κ2) is 5.54. The van der Waals surface area contributed by atoms with Crippen molar-refractivity contribution in [3.05, 3.63) is 58.9 Å². The van der Waals surface area contributed by atoms with Gasteiger partial charge < -0.3 is 4.18 Å². The number of nitrogens with zero attached hydrogens (tertiary/aromatic N) is 1. The molecule has 0 spiro atoms. The molecule has 4 nitrogen and oxygen atoms in total. The summed E-state index contributed by atoms with van der Waals surface area (Å²) in [6.07, 6.45) is 0. The third-order valence-electron chi connectivity index (χ3n) is 2.89. The maximum Gasteiger partial charge on any atom is 0.339 e. The Morgan fingerprint density at radius 1 is 1.14 bits per heavy atom. The van der Waals surface area contributed by atoms with Crippen LogP contribution in [0.5, 0.6) is 5.75 Å². The van der Waals surface area contributed by atoms with Crippen LogP contribution in [0, 0.1) is 31.0 Å².